The highest BCUT2D eigenvalue weighted by Gasteiger charge is 2.35. The first-order valence-corrected chi connectivity index (χ1v) is 7.67. The molecule has 0 amide bonds. The molecule has 0 radical (unpaired) electrons. The van der Waals surface area contributed by atoms with E-state index in [0.717, 1.165) is 18.8 Å². The molecule has 2 aliphatic rings. The van der Waals surface area contributed by atoms with Crippen LogP contribution in [0.3, 0.4) is 0 Å². The molecule has 1 aromatic rings. The fraction of sp³-hybridized carbons (Fsp3) is 0.588. The van der Waals surface area contributed by atoms with E-state index in [1.807, 2.05) is 0 Å². The number of hydrogen-bond acceptors (Lipinski definition) is 2. The summed E-state index contributed by atoms with van der Waals surface area (Å²) in [6.45, 7) is 2.00. The monoisotopic (exact) mass is 272 g/mol. The number of benzene rings is 1. The summed E-state index contributed by atoms with van der Waals surface area (Å²) in [6, 6.07) is 6.69. The van der Waals surface area contributed by atoms with Crippen molar-refractivity contribution in [3.8, 4) is 6.07 Å². The average Bonchev–Trinajstić information content (AvgIpc) is 2.49. The predicted octanol–water partition coefficient (Wildman–Crippen LogP) is 4.25. The lowest BCUT2D eigenvalue weighted by Gasteiger charge is -2.45. The minimum Gasteiger partial charge on any atom is -0.370 e. The van der Waals surface area contributed by atoms with Gasteiger partial charge in [-0.3, -0.25) is 0 Å². The van der Waals surface area contributed by atoms with Gasteiger partial charge in [0.2, 0.25) is 0 Å². The molecule has 0 N–H and O–H groups in total. The third kappa shape index (κ3) is 2.52. The number of nitriles is 1. The van der Waals surface area contributed by atoms with Crippen LogP contribution in [0.5, 0.6) is 0 Å². The van der Waals surface area contributed by atoms with Crippen LogP contribution in [0.2, 0.25) is 0 Å². The second kappa shape index (κ2) is 5.44. The Bertz CT molecular complexity index is 516. The van der Waals surface area contributed by atoms with E-state index in [1.54, 1.807) is 6.07 Å². The van der Waals surface area contributed by atoms with Gasteiger partial charge in [0.15, 0.2) is 0 Å². The first-order valence-electron chi connectivity index (χ1n) is 7.67. The van der Waals surface area contributed by atoms with Crippen molar-refractivity contribution in [1.29, 1.82) is 5.26 Å². The lowest BCUT2D eigenvalue weighted by Crippen LogP contribution is -2.41. The summed E-state index contributed by atoms with van der Waals surface area (Å²) >= 11 is 0. The summed E-state index contributed by atoms with van der Waals surface area (Å²) in [4.78, 5) is 2.26. The smallest absolute Gasteiger partial charge is 0.124 e. The maximum atomic E-state index is 13.2. The largest absolute Gasteiger partial charge is 0.370 e. The van der Waals surface area contributed by atoms with Crippen molar-refractivity contribution < 1.29 is 4.39 Å². The molecule has 0 unspecified atom stereocenters. The van der Waals surface area contributed by atoms with Gasteiger partial charge in [0, 0.05) is 13.1 Å². The van der Waals surface area contributed by atoms with Gasteiger partial charge in [-0.2, -0.15) is 5.26 Å². The lowest BCUT2D eigenvalue weighted by molar-refractivity contribution is 0.144. The minimum absolute atomic E-state index is 0.328. The molecule has 1 saturated carbocycles. The second-order valence-electron chi connectivity index (χ2n) is 6.32. The summed E-state index contributed by atoms with van der Waals surface area (Å²) < 4.78 is 13.2. The van der Waals surface area contributed by atoms with Gasteiger partial charge in [-0.25, -0.2) is 4.39 Å². The van der Waals surface area contributed by atoms with E-state index in [4.69, 9.17) is 0 Å². The van der Waals surface area contributed by atoms with Crippen LogP contribution in [0, 0.1) is 22.6 Å². The minimum atomic E-state index is -0.328. The normalized spacial score (nSPS) is 21.7. The van der Waals surface area contributed by atoms with Gasteiger partial charge in [0.25, 0.3) is 0 Å². The molecule has 0 aromatic heterocycles. The van der Waals surface area contributed by atoms with E-state index in [1.165, 1.54) is 57.1 Å². The number of anilines is 1. The number of rotatable bonds is 1. The Kier molecular flexibility index (Phi) is 3.65. The van der Waals surface area contributed by atoms with E-state index in [9.17, 15) is 9.65 Å². The molecule has 1 heterocycles. The fourth-order valence-electron chi connectivity index (χ4n) is 3.90. The zero-order valence-electron chi connectivity index (χ0n) is 11.9. The van der Waals surface area contributed by atoms with Crippen molar-refractivity contribution in [2.75, 3.05) is 18.0 Å². The van der Waals surface area contributed by atoms with Crippen LogP contribution < -0.4 is 4.90 Å². The predicted molar refractivity (Wildman–Crippen MR) is 78.1 cm³/mol. The van der Waals surface area contributed by atoms with E-state index < -0.39 is 0 Å². The van der Waals surface area contributed by atoms with Gasteiger partial charge in [0.1, 0.15) is 11.9 Å². The highest BCUT2D eigenvalue weighted by Crippen LogP contribution is 2.45. The van der Waals surface area contributed by atoms with Crippen LogP contribution in [-0.4, -0.2) is 13.1 Å². The summed E-state index contributed by atoms with van der Waals surface area (Å²) in [7, 11) is 0. The molecular formula is C17H21FN2. The van der Waals surface area contributed by atoms with Crippen molar-refractivity contribution in [2.45, 2.75) is 44.9 Å². The standard InChI is InChI=1S/C17H21FN2/c18-15-4-5-16(14(12-15)13-19)20-10-8-17(9-11-20)6-2-1-3-7-17/h4-5,12H,1-3,6-11H2. The van der Waals surface area contributed by atoms with Crippen LogP contribution in [0.25, 0.3) is 0 Å². The summed E-state index contributed by atoms with van der Waals surface area (Å²) in [5.74, 6) is -0.328. The highest BCUT2D eigenvalue weighted by molar-refractivity contribution is 5.59. The number of piperidine rings is 1. The Labute approximate surface area is 120 Å². The molecule has 1 aliphatic heterocycles. The topological polar surface area (TPSA) is 27.0 Å². The van der Waals surface area contributed by atoms with Gasteiger partial charge in [-0.05, 0) is 49.3 Å². The lowest BCUT2D eigenvalue weighted by atomic mass is 9.68. The van der Waals surface area contributed by atoms with Crippen LogP contribution in [-0.2, 0) is 0 Å². The number of halogens is 1. The zero-order chi connectivity index (χ0) is 14.0. The van der Waals surface area contributed by atoms with Crippen LogP contribution in [0.4, 0.5) is 10.1 Å². The quantitative estimate of drug-likeness (QED) is 0.764. The van der Waals surface area contributed by atoms with Crippen LogP contribution in [0.15, 0.2) is 18.2 Å². The Morgan fingerprint density at radius 1 is 1.05 bits per heavy atom. The molecule has 1 aliphatic carbocycles. The Morgan fingerprint density at radius 3 is 2.40 bits per heavy atom. The van der Waals surface area contributed by atoms with Crippen molar-refractivity contribution >= 4 is 5.69 Å². The second-order valence-corrected chi connectivity index (χ2v) is 6.32. The highest BCUT2D eigenvalue weighted by atomic mass is 19.1. The maximum Gasteiger partial charge on any atom is 0.124 e. The molecule has 20 heavy (non-hydrogen) atoms. The van der Waals surface area contributed by atoms with Crippen molar-refractivity contribution in [3.63, 3.8) is 0 Å². The summed E-state index contributed by atoms with van der Waals surface area (Å²) in [5, 5.41) is 9.17. The van der Waals surface area contributed by atoms with Gasteiger partial charge in [-0.1, -0.05) is 19.3 Å². The first-order chi connectivity index (χ1) is 9.72. The Balaban J connectivity index is 1.73. The molecule has 1 spiro atoms. The molecule has 3 rings (SSSR count). The Morgan fingerprint density at radius 2 is 1.75 bits per heavy atom. The van der Waals surface area contributed by atoms with Gasteiger partial charge in [0.05, 0.1) is 11.3 Å². The third-order valence-corrected chi connectivity index (χ3v) is 5.16. The average molecular weight is 272 g/mol. The maximum absolute atomic E-state index is 13.2. The van der Waals surface area contributed by atoms with Crippen molar-refractivity contribution in [2.24, 2.45) is 5.41 Å². The van der Waals surface area contributed by atoms with Crippen LogP contribution >= 0.6 is 0 Å². The van der Waals surface area contributed by atoms with Crippen molar-refractivity contribution in [3.05, 3.63) is 29.6 Å². The SMILES string of the molecule is N#Cc1cc(F)ccc1N1CCC2(CCCCC2)CC1. The fourth-order valence-corrected chi connectivity index (χ4v) is 3.90. The molecule has 3 heteroatoms. The molecule has 2 fully saturated rings. The molecule has 0 atom stereocenters. The van der Waals surface area contributed by atoms with E-state index in [-0.39, 0.29) is 5.82 Å². The van der Waals surface area contributed by atoms with Crippen molar-refractivity contribution in [1.82, 2.24) is 0 Å². The zero-order valence-corrected chi connectivity index (χ0v) is 11.9. The third-order valence-electron chi connectivity index (χ3n) is 5.16. The van der Waals surface area contributed by atoms with Gasteiger partial charge in [-0.15, -0.1) is 0 Å². The molecule has 106 valence electrons. The van der Waals surface area contributed by atoms with E-state index in [2.05, 4.69) is 11.0 Å². The van der Waals surface area contributed by atoms with Crippen LogP contribution in [0.1, 0.15) is 50.5 Å². The first kappa shape index (κ1) is 13.4. The Hall–Kier alpha value is -1.56. The number of hydrogen-bond donors (Lipinski definition) is 0. The molecular weight excluding hydrogens is 251 g/mol. The number of nitrogens with zero attached hydrogens (tertiary/aromatic N) is 2. The van der Waals surface area contributed by atoms with Gasteiger partial charge >= 0.3 is 0 Å². The van der Waals surface area contributed by atoms with Gasteiger partial charge < -0.3 is 4.90 Å². The van der Waals surface area contributed by atoms with E-state index >= 15 is 0 Å². The summed E-state index contributed by atoms with van der Waals surface area (Å²) in [6.07, 6.45) is 9.32. The van der Waals surface area contributed by atoms with E-state index in [0.29, 0.717) is 11.0 Å². The molecule has 1 saturated heterocycles. The molecule has 0 bridgehead atoms. The summed E-state index contributed by atoms with van der Waals surface area (Å²) in [5.41, 5.74) is 1.92. The molecule has 1 aromatic carbocycles. The molecule has 2 nitrogen and oxygen atoms in total.